The fourth-order valence-corrected chi connectivity index (χ4v) is 2.64. The average molecular weight is 313 g/mol. The highest BCUT2D eigenvalue weighted by molar-refractivity contribution is 5.51. The minimum atomic E-state index is 0.0298. The summed E-state index contributed by atoms with van der Waals surface area (Å²) in [6, 6.07) is 7.75. The topological polar surface area (TPSA) is 64.5 Å². The molecule has 0 spiro atoms. The van der Waals surface area contributed by atoms with Crippen molar-refractivity contribution in [2.75, 3.05) is 43.4 Å². The monoisotopic (exact) mass is 313 g/mol. The molecule has 6 nitrogen and oxygen atoms in total. The quantitative estimate of drug-likeness (QED) is 0.868. The van der Waals surface area contributed by atoms with Gasteiger partial charge in [0.05, 0.1) is 6.61 Å². The van der Waals surface area contributed by atoms with Gasteiger partial charge in [-0.3, -0.25) is 0 Å². The molecule has 23 heavy (non-hydrogen) atoms. The number of rotatable bonds is 5. The van der Waals surface area contributed by atoms with E-state index in [2.05, 4.69) is 32.1 Å². The first-order chi connectivity index (χ1) is 11.3. The van der Waals surface area contributed by atoms with Crippen molar-refractivity contribution in [2.24, 2.45) is 0 Å². The van der Waals surface area contributed by atoms with E-state index in [9.17, 15) is 5.11 Å². The van der Waals surface area contributed by atoms with Gasteiger partial charge < -0.3 is 20.2 Å². The van der Waals surface area contributed by atoms with Gasteiger partial charge in [-0.1, -0.05) is 18.2 Å². The van der Waals surface area contributed by atoms with Crippen LogP contribution in [0, 0.1) is 0 Å². The predicted molar refractivity (Wildman–Crippen MR) is 91.4 cm³/mol. The molecule has 1 aromatic carbocycles. The van der Waals surface area contributed by atoms with Crippen molar-refractivity contribution in [2.45, 2.75) is 13.2 Å². The first-order valence-corrected chi connectivity index (χ1v) is 7.93. The standard InChI is InChI=1S/C17H23N5O/c1-21-6-8-22(9-7-21)17-19-11-14(12-20-17)10-18-16-5-3-2-4-15(16)13-23/h2-5,11-12,18,23H,6-10,13H2,1H3. The molecule has 0 bridgehead atoms. The molecule has 0 aliphatic carbocycles. The van der Waals surface area contributed by atoms with E-state index in [1.54, 1.807) is 0 Å². The number of aromatic nitrogens is 2. The van der Waals surface area contributed by atoms with Gasteiger partial charge in [0, 0.05) is 61.9 Å². The van der Waals surface area contributed by atoms with Crippen molar-refractivity contribution in [3.63, 3.8) is 0 Å². The van der Waals surface area contributed by atoms with E-state index in [1.165, 1.54) is 0 Å². The van der Waals surface area contributed by atoms with Crippen LogP contribution in [0.25, 0.3) is 0 Å². The number of benzene rings is 1. The van der Waals surface area contributed by atoms with Gasteiger partial charge in [-0.2, -0.15) is 0 Å². The van der Waals surface area contributed by atoms with Crippen LogP contribution in [-0.2, 0) is 13.2 Å². The fourth-order valence-electron chi connectivity index (χ4n) is 2.64. The van der Waals surface area contributed by atoms with Crippen LogP contribution in [-0.4, -0.2) is 53.2 Å². The summed E-state index contributed by atoms with van der Waals surface area (Å²) >= 11 is 0. The molecule has 3 rings (SSSR count). The molecular weight excluding hydrogens is 290 g/mol. The molecule has 6 heteroatoms. The van der Waals surface area contributed by atoms with E-state index in [-0.39, 0.29) is 6.61 Å². The Hall–Kier alpha value is -2.18. The van der Waals surface area contributed by atoms with Crippen LogP contribution in [0.15, 0.2) is 36.7 Å². The molecule has 0 saturated carbocycles. The highest BCUT2D eigenvalue weighted by Gasteiger charge is 2.16. The molecule has 2 aromatic rings. The minimum absolute atomic E-state index is 0.0298. The normalized spacial score (nSPS) is 15.7. The van der Waals surface area contributed by atoms with Crippen molar-refractivity contribution >= 4 is 11.6 Å². The lowest BCUT2D eigenvalue weighted by molar-refractivity contribution is 0.282. The Bertz CT molecular complexity index is 623. The second-order valence-electron chi connectivity index (χ2n) is 5.85. The largest absolute Gasteiger partial charge is 0.392 e. The van der Waals surface area contributed by atoms with Crippen LogP contribution in [0.4, 0.5) is 11.6 Å². The maximum absolute atomic E-state index is 9.34. The number of aliphatic hydroxyl groups is 1. The van der Waals surface area contributed by atoms with Crippen LogP contribution < -0.4 is 10.2 Å². The average Bonchev–Trinajstić information content (AvgIpc) is 2.61. The summed E-state index contributed by atoms with van der Waals surface area (Å²) in [5.74, 6) is 0.803. The van der Waals surface area contributed by atoms with Crippen molar-refractivity contribution in [3.8, 4) is 0 Å². The molecule has 1 saturated heterocycles. The summed E-state index contributed by atoms with van der Waals surface area (Å²) in [5, 5.41) is 12.7. The Morgan fingerprint density at radius 1 is 1.09 bits per heavy atom. The molecule has 0 atom stereocenters. The van der Waals surface area contributed by atoms with Gasteiger partial charge >= 0.3 is 0 Å². The summed E-state index contributed by atoms with van der Waals surface area (Å²) in [6.45, 7) is 4.70. The van der Waals surface area contributed by atoms with Crippen LogP contribution in [0.3, 0.4) is 0 Å². The lowest BCUT2D eigenvalue weighted by Crippen LogP contribution is -2.45. The molecule has 1 aliphatic heterocycles. The van der Waals surface area contributed by atoms with E-state index < -0.39 is 0 Å². The smallest absolute Gasteiger partial charge is 0.225 e. The number of likely N-dealkylation sites (N-methyl/N-ethyl adjacent to an activating group) is 1. The van der Waals surface area contributed by atoms with Gasteiger partial charge in [0.2, 0.25) is 5.95 Å². The first kappa shape index (κ1) is 15.7. The van der Waals surface area contributed by atoms with Gasteiger partial charge in [0.25, 0.3) is 0 Å². The number of para-hydroxylation sites is 1. The van der Waals surface area contributed by atoms with Gasteiger partial charge in [-0.05, 0) is 13.1 Å². The highest BCUT2D eigenvalue weighted by atomic mass is 16.3. The summed E-state index contributed by atoms with van der Waals surface area (Å²) in [7, 11) is 2.14. The molecule has 2 N–H and O–H groups in total. The fraction of sp³-hybridized carbons (Fsp3) is 0.412. The van der Waals surface area contributed by atoms with Crippen molar-refractivity contribution in [3.05, 3.63) is 47.8 Å². The zero-order chi connectivity index (χ0) is 16.1. The lowest BCUT2D eigenvalue weighted by atomic mass is 10.2. The summed E-state index contributed by atoms with van der Waals surface area (Å²) in [4.78, 5) is 13.5. The highest BCUT2D eigenvalue weighted by Crippen LogP contribution is 2.16. The van der Waals surface area contributed by atoms with Gasteiger partial charge in [0.1, 0.15) is 0 Å². The van der Waals surface area contributed by atoms with Crippen molar-refractivity contribution in [1.29, 1.82) is 0 Å². The molecule has 1 aliphatic rings. The Labute approximate surface area is 136 Å². The number of aliphatic hydroxyl groups excluding tert-OH is 1. The molecule has 122 valence electrons. The molecule has 2 heterocycles. The molecule has 1 aromatic heterocycles. The molecule has 0 radical (unpaired) electrons. The maximum Gasteiger partial charge on any atom is 0.225 e. The van der Waals surface area contributed by atoms with E-state index in [4.69, 9.17) is 0 Å². The SMILES string of the molecule is CN1CCN(c2ncc(CNc3ccccc3CO)cn2)CC1. The number of hydrogen-bond acceptors (Lipinski definition) is 6. The first-order valence-electron chi connectivity index (χ1n) is 7.93. The van der Waals surface area contributed by atoms with Crippen molar-refractivity contribution in [1.82, 2.24) is 14.9 Å². The Morgan fingerprint density at radius 2 is 1.78 bits per heavy atom. The summed E-state index contributed by atoms with van der Waals surface area (Å²) < 4.78 is 0. The summed E-state index contributed by atoms with van der Waals surface area (Å²) in [5.41, 5.74) is 2.86. The zero-order valence-corrected chi connectivity index (χ0v) is 13.4. The van der Waals surface area contributed by atoms with Gasteiger partial charge in [0.15, 0.2) is 0 Å². The number of nitrogens with one attached hydrogen (secondary N) is 1. The number of hydrogen-bond donors (Lipinski definition) is 2. The second kappa shape index (κ2) is 7.39. The third-order valence-corrected chi connectivity index (χ3v) is 4.15. The van der Waals surface area contributed by atoms with Crippen LogP contribution in [0.1, 0.15) is 11.1 Å². The Balaban J connectivity index is 1.59. The number of anilines is 2. The number of nitrogens with zero attached hydrogens (tertiary/aromatic N) is 4. The van der Waals surface area contributed by atoms with Crippen LogP contribution >= 0.6 is 0 Å². The lowest BCUT2D eigenvalue weighted by Gasteiger charge is -2.32. The minimum Gasteiger partial charge on any atom is -0.392 e. The zero-order valence-electron chi connectivity index (χ0n) is 13.4. The maximum atomic E-state index is 9.34. The van der Waals surface area contributed by atoms with Gasteiger partial charge in [-0.15, -0.1) is 0 Å². The van der Waals surface area contributed by atoms with E-state index >= 15 is 0 Å². The third-order valence-electron chi connectivity index (χ3n) is 4.15. The molecule has 0 unspecified atom stereocenters. The molecule has 1 fully saturated rings. The summed E-state index contributed by atoms with van der Waals surface area (Å²) in [6.07, 6.45) is 3.74. The van der Waals surface area contributed by atoms with Crippen LogP contribution in [0.5, 0.6) is 0 Å². The Kier molecular flexibility index (Phi) is 5.05. The molecule has 0 amide bonds. The number of piperazine rings is 1. The third kappa shape index (κ3) is 3.97. The predicted octanol–water partition coefficient (Wildman–Crippen LogP) is 1.33. The van der Waals surface area contributed by atoms with E-state index in [0.29, 0.717) is 6.54 Å². The van der Waals surface area contributed by atoms with Gasteiger partial charge in [-0.25, -0.2) is 9.97 Å². The van der Waals surface area contributed by atoms with Crippen molar-refractivity contribution < 1.29 is 5.11 Å². The molecular formula is C17H23N5O. The van der Waals surface area contributed by atoms with E-state index in [1.807, 2.05) is 36.7 Å². The van der Waals surface area contributed by atoms with E-state index in [0.717, 1.165) is 48.9 Å². The second-order valence-corrected chi connectivity index (χ2v) is 5.85. The van der Waals surface area contributed by atoms with Crippen LogP contribution in [0.2, 0.25) is 0 Å². The Morgan fingerprint density at radius 3 is 2.48 bits per heavy atom.